The van der Waals surface area contributed by atoms with Crippen LogP contribution in [0.3, 0.4) is 0 Å². The number of fused-ring (bicyclic) bond motifs is 1. The van der Waals surface area contributed by atoms with Gasteiger partial charge in [0.1, 0.15) is 5.69 Å². The summed E-state index contributed by atoms with van der Waals surface area (Å²) in [5, 5.41) is 1.90. The van der Waals surface area contributed by atoms with Gasteiger partial charge in [-0.3, -0.25) is 4.79 Å². The van der Waals surface area contributed by atoms with Crippen molar-refractivity contribution < 1.29 is 9.53 Å². The Labute approximate surface area is 124 Å². The topological polar surface area (TPSA) is 42.4 Å². The lowest BCUT2D eigenvalue weighted by atomic mass is 10.1. The minimum atomic E-state index is -0.0431. The van der Waals surface area contributed by atoms with Crippen molar-refractivity contribution in [2.24, 2.45) is 5.92 Å². The van der Waals surface area contributed by atoms with Gasteiger partial charge in [-0.15, -0.1) is 0 Å². The number of nitrogens with zero attached hydrogens (tertiary/aromatic N) is 2. The number of carbonyl (C=O) groups is 1. The van der Waals surface area contributed by atoms with Gasteiger partial charge in [0.05, 0.1) is 7.11 Å². The monoisotopic (exact) mass is 284 g/mol. The molecule has 3 rings (SSSR count). The van der Waals surface area contributed by atoms with Gasteiger partial charge in [0.2, 0.25) is 5.88 Å². The second kappa shape index (κ2) is 5.35. The lowest BCUT2D eigenvalue weighted by Crippen LogP contribution is -2.36. The largest absolute Gasteiger partial charge is 0.481 e. The predicted molar refractivity (Wildman–Crippen MR) is 82.6 cm³/mol. The zero-order chi connectivity index (χ0) is 15.0. The Hall–Kier alpha value is -2.10. The van der Waals surface area contributed by atoms with Crippen molar-refractivity contribution in [1.29, 1.82) is 0 Å². The van der Waals surface area contributed by atoms with E-state index < -0.39 is 0 Å². The molecule has 0 aliphatic heterocycles. The molecule has 0 saturated heterocycles. The van der Waals surface area contributed by atoms with E-state index in [1.807, 2.05) is 37.4 Å². The molecule has 21 heavy (non-hydrogen) atoms. The Balaban J connectivity index is 1.97. The minimum absolute atomic E-state index is 0.0431. The van der Waals surface area contributed by atoms with E-state index >= 15 is 0 Å². The van der Waals surface area contributed by atoms with Crippen LogP contribution >= 0.6 is 0 Å². The first-order chi connectivity index (χ1) is 10.1. The Morgan fingerprint density at radius 1 is 1.38 bits per heavy atom. The molecule has 0 N–H and O–H groups in total. The lowest BCUT2D eigenvalue weighted by Gasteiger charge is -2.24. The molecule has 1 aromatic heterocycles. The molecule has 0 spiro atoms. The molecule has 1 atom stereocenters. The normalized spacial score (nSPS) is 15.8. The van der Waals surface area contributed by atoms with Crippen molar-refractivity contribution in [3.05, 3.63) is 36.0 Å². The SMILES string of the molecule is COc1nc(C(=O)N(C)[C@H](C)C2CC2)cc2ccccc12. The first kappa shape index (κ1) is 13.9. The highest BCUT2D eigenvalue weighted by molar-refractivity contribution is 5.98. The van der Waals surface area contributed by atoms with E-state index in [0.29, 0.717) is 17.5 Å². The minimum Gasteiger partial charge on any atom is -0.481 e. The molecule has 2 aromatic rings. The number of pyridine rings is 1. The summed E-state index contributed by atoms with van der Waals surface area (Å²) >= 11 is 0. The van der Waals surface area contributed by atoms with Crippen molar-refractivity contribution in [3.8, 4) is 5.88 Å². The number of aromatic nitrogens is 1. The molecule has 1 aliphatic carbocycles. The summed E-state index contributed by atoms with van der Waals surface area (Å²) in [6.07, 6.45) is 2.43. The molecular weight excluding hydrogens is 264 g/mol. The number of carbonyl (C=O) groups excluding carboxylic acids is 1. The fourth-order valence-electron chi connectivity index (χ4n) is 2.69. The number of rotatable bonds is 4. The van der Waals surface area contributed by atoms with Gasteiger partial charge in [-0.1, -0.05) is 18.2 Å². The Morgan fingerprint density at radius 2 is 2.10 bits per heavy atom. The van der Waals surface area contributed by atoms with Crippen molar-refractivity contribution in [2.75, 3.05) is 14.2 Å². The molecule has 0 bridgehead atoms. The maximum atomic E-state index is 12.6. The van der Waals surface area contributed by atoms with Crippen LogP contribution in [0.15, 0.2) is 30.3 Å². The Bertz CT molecular complexity index is 680. The van der Waals surface area contributed by atoms with Crippen LogP contribution < -0.4 is 4.74 Å². The van der Waals surface area contributed by atoms with Gasteiger partial charge in [-0.05, 0) is 43.2 Å². The summed E-state index contributed by atoms with van der Waals surface area (Å²) in [4.78, 5) is 18.8. The van der Waals surface area contributed by atoms with Crippen LogP contribution in [-0.2, 0) is 0 Å². The third-order valence-electron chi connectivity index (χ3n) is 4.35. The summed E-state index contributed by atoms with van der Waals surface area (Å²) in [7, 11) is 3.44. The van der Waals surface area contributed by atoms with Crippen LogP contribution in [0.1, 0.15) is 30.3 Å². The summed E-state index contributed by atoms with van der Waals surface area (Å²) < 4.78 is 5.34. The molecular formula is C17H20N2O2. The van der Waals surface area contributed by atoms with E-state index in [1.165, 1.54) is 12.8 Å². The Kier molecular flexibility index (Phi) is 3.53. The summed E-state index contributed by atoms with van der Waals surface area (Å²) in [6, 6.07) is 9.92. The van der Waals surface area contributed by atoms with Crippen LogP contribution in [0.2, 0.25) is 0 Å². The maximum absolute atomic E-state index is 12.6. The molecule has 1 saturated carbocycles. The van der Waals surface area contributed by atoms with E-state index in [1.54, 1.807) is 12.0 Å². The van der Waals surface area contributed by atoms with Gasteiger partial charge in [0.25, 0.3) is 5.91 Å². The average molecular weight is 284 g/mol. The van der Waals surface area contributed by atoms with Crippen LogP contribution in [0.4, 0.5) is 0 Å². The molecule has 0 radical (unpaired) electrons. The van der Waals surface area contributed by atoms with E-state index in [0.717, 1.165) is 10.8 Å². The highest BCUT2D eigenvalue weighted by Gasteiger charge is 2.33. The molecule has 4 heteroatoms. The highest BCUT2D eigenvalue weighted by atomic mass is 16.5. The highest BCUT2D eigenvalue weighted by Crippen LogP contribution is 2.35. The second-order valence-corrected chi connectivity index (χ2v) is 5.73. The third-order valence-corrected chi connectivity index (χ3v) is 4.35. The molecule has 1 amide bonds. The maximum Gasteiger partial charge on any atom is 0.272 e. The van der Waals surface area contributed by atoms with Gasteiger partial charge in [0, 0.05) is 18.5 Å². The van der Waals surface area contributed by atoms with Crippen LogP contribution in [0.25, 0.3) is 10.8 Å². The molecule has 1 heterocycles. The summed E-state index contributed by atoms with van der Waals surface area (Å²) in [5.74, 6) is 1.10. The quantitative estimate of drug-likeness (QED) is 0.866. The van der Waals surface area contributed by atoms with Gasteiger partial charge in [0.15, 0.2) is 0 Å². The van der Waals surface area contributed by atoms with Crippen LogP contribution in [-0.4, -0.2) is 36.0 Å². The summed E-state index contributed by atoms with van der Waals surface area (Å²) in [6.45, 7) is 2.11. The molecule has 4 nitrogen and oxygen atoms in total. The predicted octanol–water partition coefficient (Wildman–Crippen LogP) is 3.11. The fourth-order valence-corrected chi connectivity index (χ4v) is 2.69. The number of ether oxygens (including phenoxy) is 1. The van der Waals surface area contributed by atoms with E-state index in [9.17, 15) is 4.79 Å². The third kappa shape index (κ3) is 2.58. The van der Waals surface area contributed by atoms with Crippen molar-refractivity contribution in [2.45, 2.75) is 25.8 Å². The average Bonchev–Trinajstić information content (AvgIpc) is 3.36. The molecule has 0 unspecified atom stereocenters. The van der Waals surface area contributed by atoms with E-state index in [-0.39, 0.29) is 11.9 Å². The van der Waals surface area contributed by atoms with Crippen molar-refractivity contribution in [1.82, 2.24) is 9.88 Å². The molecule has 1 aliphatic rings. The standard InChI is InChI=1S/C17H20N2O2/c1-11(12-8-9-12)19(2)17(20)15-10-13-6-4-5-7-14(13)16(18-15)21-3/h4-7,10-12H,8-9H2,1-3H3/t11-/m1/s1. The zero-order valence-electron chi connectivity index (χ0n) is 12.7. The van der Waals surface area contributed by atoms with Gasteiger partial charge in [-0.2, -0.15) is 0 Å². The first-order valence-electron chi connectivity index (χ1n) is 7.32. The second-order valence-electron chi connectivity index (χ2n) is 5.73. The van der Waals surface area contributed by atoms with Gasteiger partial charge >= 0.3 is 0 Å². The molecule has 1 aromatic carbocycles. The lowest BCUT2D eigenvalue weighted by molar-refractivity contribution is 0.0720. The first-order valence-corrected chi connectivity index (χ1v) is 7.32. The van der Waals surface area contributed by atoms with Gasteiger partial charge in [-0.25, -0.2) is 4.98 Å². The fraction of sp³-hybridized carbons (Fsp3) is 0.412. The summed E-state index contributed by atoms with van der Waals surface area (Å²) in [5.41, 5.74) is 0.445. The zero-order valence-corrected chi connectivity index (χ0v) is 12.7. The van der Waals surface area contributed by atoms with E-state index in [4.69, 9.17) is 4.74 Å². The molecule has 1 fully saturated rings. The smallest absolute Gasteiger partial charge is 0.272 e. The van der Waals surface area contributed by atoms with E-state index in [2.05, 4.69) is 11.9 Å². The number of hydrogen-bond acceptors (Lipinski definition) is 3. The van der Waals surface area contributed by atoms with Crippen LogP contribution in [0, 0.1) is 5.92 Å². The van der Waals surface area contributed by atoms with Crippen molar-refractivity contribution >= 4 is 16.7 Å². The number of amides is 1. The number of hydrogen-bond donors (Lipinski definition) is 0. The van der Waals surface area contributed by atoms with Gasteiger partial charge < -0.3 is 9.64 Å². The molecule has 110 valence electrons. The number of benzene rings is 1. The Morgan fingerprint density at radius 3 is 2.76 bits per heavy atom. The number of methoxy groups -OCH3 is 1. The van der Waals surface area contributed by atoms with Crippen molar-refractivity contribution in [3.63, 3.8) is 0 Å². The van der Waals surface area contributed by atoms with Crippen LogP contribution in [0.5, 0.6) is 5.88 Å².